The number of rotatable bonds is 4. The number of amides is 2. The molecule has 0 unspecified atom stereocenters. The van der Waals surface area contributed by atoms with Crippen LogP contribution in [0, 0.1) is 6.92 Å². The van der Waals surface area contributed by atoms with Crippen LogP contribution >= 0.6 is 0 Å². The third-order valence-corrected chi connectivity index (χ3v) is 5.31. The Balaban J connectivity index is 1.42. The van der Waals surface area contributed by atoms with Crippen LogP contribution in [-0.2, 0) is 18.4 Å². The summed E-state index contributed by atoms with van der Waals surface area (Å²) in [7, 11) is 2.05. The molecule has 0 bridgehead atoms. The van der Waals surface area contributed by atoms with E-state index in [4.69, 9.17) is 0 Å². The average Bonchev–Trinajstić information content (AvgIpc) is 3.23. The maximum absolute atomic E-state index is 12.4. The molecule has 5 heteroatoms. The van der Waals surface area contributed by atoms with Gasteiger partial charge in [0.15, 0.2) is 0 Å². The number of nitrogens with one attached hydrogen (secondary N) is 1. The maximum Gasteiger partial charge on any atom is 0.251 e. The van der Waals surface area contributed by atoms with Gasteiger partial charge in [0.2, 0.25) is 5.91 Å². The number of hydrogen-bond donors (Lipinski definition) is 1. The van der Waals surface area contributed by atoms with E-state index in [9.17, 15) is 9.59 Å². The predicted molar refractivity (Wildman–Crippen MR) is 107 cm³/mol. The van der Waals surface area contributed by atoms with Crippen molar-refractivity contribution in [2.75, 3.05) is 11.4 Å². The minimum atomic E-state index is -0.112. The largest absolute Gasteiger partial charge is 0.348 e. The smallest absolute Gasteiger partial charge is 0.251 e. The van der Waals surface area contributed by atoms with Gasteiger partial charge in [-0.25, -0.2) is 0 Å². The van der Waals surface area contributed by atoms with Gasteiger partial charge in [0, 0.05) is 54.4 Å². The summed E-state index contributed by atoms with van der Waals surface area (Å²) in [6.45, 7) is 3.32. The second kappa shape index (κ2) is 6.91. The number of fused-ring (bicyclic) bond motifs is 1. The number of carbonyl (C=O) groups excluding carboxylic acids is 2. The van der Waals surface area contributed by atoms with Crippen LogP contribution in [0.1, 0.15) is 34.5 Å². The second-order valence-electron chi connectivity index (χ2n) is 7.12. The Bertz CT molecular complexity index is 1020. The average molecular weight is 361 g/mol. The van der Waals surface area contributed by atoms with Crippen LogP contribution in [0.15, 0.2) is 48.5 Å². The van der Waals surface area contributed by atoms with Gasteiger partial charge in [-0.1, -0.05) is 6.07 Å². The van der Waals surface area contributed by atoms with Crippen LogP contribution in [0.3, 0.4) is 0 Å². The number of aryl methyl sites for hydroxylation is 2. The summed E-state index contributed by atoms with van der Waals surface area (Å²) < 4.78 is 2.16. The van der Waals surface area contributed by atoms with Gasteiger partial charge >= 0.3 is 0 Å². The standard InChI is InChI=1S/C22H23N3O2/c1-15-12-18-13-16(5-10-20(18)24(15)2)14-23-22(27)17-6-8-19(9-7-17)25-11-3-4-21(25)26/h5-10,12-13H,3-4,11,14H2,1-2H3,(H,23,27). The third kappa shape index (κ3) is 3.33. The molecule has 1 aromatic heterocycles. The Morgan fingerprint density at radius 2 is 1.89 bits per heavy atom. The van der Waals surface area contributed by atoms with Crippen molar-refractivity contribution in [2.24, 2.45) is 7.05 Å². The number of nitrogens with zero attached hydrogens (tertiary/aromatic N) is 2. The lowest BCUT2D eigenvalue weighted by Crippen LogP contribution is -2.24. The van der Waals surface area contributed by atoms with Crippen molar-refractivity contribution in [1.82, 2.24) is 9.88 Å². The van der Waals surface area contributed by atoms with Crippen LogP contribution in [0.5, 0.6) is 0 Å². The molecule has 0 aliphatic carbocycles. The highest BCUT2D eigenvalue weighted by molar-refractivity contribution is 5.97. The molecule has 0 radical (unpaired) electrons. The number of hydrogen-bond acceptors (Lipinski definition) is 2. The molecule has 1 fully saturated rings. The van der Waals surface area contributed by atoms with Crippen molar-refractivity contribution in [2.45, 2.75) is 26.3 Å². The number of carbonyl (C=O) groups is 2. The van der Waals surface area contributed by atoms with Gasteiger partial charge in [0.1, 0.15) is 0 Å². The quantitative estimate of drug-likeness (QED) is 0.773. The Hall–Kier alpha value is -3.08. The van der Waals surface area contributed by atoms with Gasteiger partial charge in [-0.2, -0.15) is 0 Å². The van der Waals surface area contributed by atoms with Crippen molar-refractivity contribution in [3.63, 3.8) is 0 Å². The highest BCUT2D eigenvalue weighted by Gasteiger charge is 2.21. The number of anilines is 1. The predicted octanol–water partition coefficient (Wildman–Crippen LogP) is 3.54. The molecule has 2 aromatic carbocycles. The molecule has 1 N–H and O–H groups in total. The van der Waals surface area contributed by atoms with E-state index in [1.807, 2.05) is 18.2 Å². The highest BCUT2D eigenvalue weighted by atomic mass is 16.2. The normalized spacial score (nSPS) is 14.1. The van der Waals surface area contributed by atoms with Crippen molar-refractivity contribution in [3.8, 4) is 0 Å². The third-order valence-electron chi connectivity index (χ3n) is 5.31. The molecule has 2 heterocycles. The lowest BCUT2D eigenvalue weighted by molar-refractivity contribution is -0.117. The van der Waals surface area contributed by atoms with E-state index >= 15 is 0 Å². The number of benzene rings is 2. The lowest BCUT2D eigenvalue weighted by atomic mass is 10.1. The lowest BCUT2D eigenvalue weighted by Gasteiger charge is -2.15. The van der Waals surface area contributed by atoms with Gasteiger partial charge in [-0.3, -0.25) is 9.59 Å². The van der Waals surface area contributed by atoms with Gasteiger partial charge in [-0.15, -0.1) is 0 Å². The topological polar surface area (TPSA) is 54.3 Å². The van der Waals surface area contributed by atoms with E-state index in [1.54, 1.807) is 17.0 Å². The van der Waals surface area contributed by atoms with E-state index in [1.165, 1.54) is 16.6 Å². The van der Waals surface area contributed by atoms with Crippen molar-refractivity contribution < 1.29 is 9.59 Å². The molecule has 0 atom stereocenters. The van der Waals surface area contributed by atoms with E-state index in [0.717, 1.165) is 24.2 Å². The maximum atomic E-state index is 12.4. The van der Waals surface area contributed by atoms with Crippen molar-refractivity contribution in [1.29, 1.82) is 0 Å². The highest BCUT2D eigenvalue weighted by Crippen LogP contribution is 2.22. The van der Waals surface area contributed by atoms with E-state index in [2.05, 4.69) is 42.1 Å². The van der Waals surface area contributed by atoms with Crippen LogP contribution in [0.2, 0.25) is 0 Å². The fourth-order valence-corrected chi connectivity index (χ4v) is 3.65. The Labute approximate surface area is 158 Å². The molecular formula is C22H23N3O2. The van der Waals surface area contributed by atoms with Crippen molar-refractivity contribution in [3.05, 3.63) is 65.4 Å². The Morgan fingerprint density at radius 3 is 2.59 bits per heavy atom. The summed E-state index contributed by atoms with van der Waals surface area (Å²) in [5.74, 6) is 0.0392. The molecule has 0 saturated carbocycles. The minimum absolute atomic E-state index is 0.112. The molecule has 1 aliphatic rings. The molecule has 5 nitrogen and oxygen atoms in total. The van der Waals surface area contributed by atoms with Gasteiger partial charge in [-0.05, 0) is 61.4 Å². The van der Waals surface area contributed by atoms with Crippen LogP contribution in [-0.4, -0.2) is 22.9 Å². The first kappa shape index (κ1) is 17.3. The number of aromatic nitrogens is 1. The molecule has 27 heavy (non-hydrogen) atoms. The SMILES string of the molecule is Cc1cc2cc(CNC(=O)c3ccc(N4CCCC4=O)cc3)ccc2n1C. The molecular weight excluding hydrogens is 338 g/mol. The van der Waals surface area contributed by atoms with Gasteiger partial charge in [0.25, 0.3) is 5.91 Å². The Morgan fingerprint density at radius 1 is 1.11 bits per heavy atom. The van der Waals surface area contributed by atoms with Crippen LogP contribution < -0.4 is 10.2 Å². The van der Waals surface area contributed by atoms with Crippen LogP contribution in [0.4, 0.5) is 5.69 Å². The fourth-order valence-electron chi connectivity index (χ4n) is 3.65. The summed E-state index contributed by atoms with van der Waals surface area (Å²) >= 11 is 0. The van der Waals surface area contributed by atoms with E-state index < -0.39 is 0 Å². The van der Waals surface area contributed by atoms with E-state index in [0.29, 0.717) is 18.5 Å². The van der Waals surface area contributed by atoms with Crippen molar-refractivity contribution >= 4 is 28.4 Å². The fraction of sp³-hybridized carbons (Fsp3) is 0.273. The van der Waals surface area contributed by atoms with Crippen LogP contribution in [0.25, 0.3) is 10.9 Å². The van der Waals surface area contributed by atoms with Gasteiger partial charge < -0.3 is 14.8 Å². The second-order valence-corrected chi connectivity index (χ2v) is 7.12. The summed E-state index contributed by atoms with van der Waals surface area (Å²) in [4.78, 5) is 26.0. The summed E-state index contributed by atoms with van der Waals surface area (Å²) in [6, 6.07) is 15.6. The monoisotopic (exact) mass is 361 g/mol. The zero-order valence-electron chi connectivity index (χ0n) is 15.7. The zero-order chi connectivity index (χ0) is 19.0. The first-order valence-corrected chi connectivity index (χ1v) is 9.26. The Kier molecular flexibility index (Phi) is 4.44. The van der Waals surface area contributed by atoms with E-state index in [-0.39, 0.29) is 11.8 Å². The van der Waals surface area contributed by atoms with Gasteiger partial charge in [0.05, 0.1) is 0 Å². The first-order valence-electron chi connectivity index (χ1n) is 9.26. The summed E-state index contributed by atoms with van der Waals surface area (Å²) in [6.07, 6.45) is 1.50. The summed E-state index contributed by atoms with van der Waals surface area (Å²) in [5, 5.41) is 4.15. The summed E-state index contributed by atoms with van der Waals surface area (Å²) in [5.41, 5.74) is 4.93. The minimum Gasteiger partial charge on any atom is -0.348 e. The zero-order valence-corrected chi connectivity index (χ0v) is 15.7. The molecule has 4 rings (SSSR count). The molecule has 138 valence electrons. The molecule has 2 amide bonds. The first-order chi connectivity index (χ1) is 13.0. The molecule has 1 aliphatic heterocycles. The molecule has 1 saturated heterocycles. The molecule has 3 aromatic rings. The molecule has 0 spiro atoms.